The smallest absolute Gasteiger partial charge is 0.413 e. The van der Waals surface area contributed by atoms with E-state index in [1.165, 1.54) is 0 Å². The number of nitriles is 1. The summed E-state index contributed by atoms with van der Waals surface area (Å²) in [5, 5.41) is 8.53. The maximum absolute atomic E-state index is 11.6. The van der Waals surface area contributed by atoms with Crippen molar-refractivity contribution in [1.82, 2.24) is 4.67 Å². The lowest BCUT2D eigenvalue weighted by molar-refractivity contribution is 0.341. The Morgan fingerprint density at radius 1 is 1.53 bits per heavy atom. The van der Waals surface area contributed by atoms with Gasteiger partial charge in [0, 0.05) is 6.54 Å². The van der Waals surface area contributed by atoms with Crippen molar-refractivity contribution in [3.8, 4) is 11.8 Å². The van der Waals surface area contributed by atoms with Gasteiger partial charge in [-0.2, -0.15) is 9.93 Å². The Balaban J connectivity index is 2.07. The first kappa shape index (κ1) is 10.2. The predicted molar refractivity (Wildman–Crippen MR) is 53.0 cm³/mol. The van der Waals surface area contributed by atoms with Crippen LogP contribution in [0.25, 0.3) is 0 Å². The van der Waals surface area contributed by atoms with Crippen LogP contribution in [0.3, 0.4) is 0 Å². The van der Waals surface area contributed by atoms with Gasteiger partial charge < -0.3 is 9.42 Å². The van der Waals surface area contributed by atoms with Crippen LogP contribution in [-0.2, 0) is 4.57 Å². The molecule has 0 radical (unpaired) electrons. The average molecular weight is 224 g/mol. The molecule has 6 heteroatoms. The Morgan fingerprint density at radius 3 is 2.73 bits per heavy atom. The quantitative estimate of drug-likeness (QED) is 0.620. The average Bonchev–Trinajstić information content (AvgIpc) is 2.98. The van der Waals surface area contributed by atoms with Gasteiger partial charge in [0.25, 0.3) is 0 Å². The third-order valence-electron chi connectivity index (χ3n) is 2.03. The van der Waals surface area contributed by atoms with Gasteiger partial charge in [-0.15, -0.1) is 0 Å². The number of rotatable bonds is 3. The lowest BCUT2D eigenvalue weighted by atomic mass is 10.3. The standard InChI is InChI=1S/C9H9N2O3P/c10-6-8-7-11(8)15(12,13)14-9-4-2-1-3-5-9/h1-5,8H,7H2,(H,12,13). The molecule has 0 amide bonds. The van der Waals surface area contributed by atoms with E-state index in [0.29, 0.717) is 5.75 Å². The van der Waals surface area contributed by atoms with E-state index in [1.807, 2.05) is 6.07 Å². The van der Waals surface area contributed by atoms with E-state index in [-0.39, 0.29) is 6.54 Å². The first-order valence-electron chi connectivity index (χ1n) is 4.37. The first-order valence-corrected chi connectivity index (χ1v) is 5.91. The molecule has 1 aliphatic rings. The molecule has 0 bridgehead atoms. The molecule has 1 N–H and O–H groups in total. The Morgan fingerprint density at radius 2 is 2.20 bits per heavy atom. The molecule has 1 aromatic rings. The summed E-state index contributed by atoms with van der Waals surface area (Å²) in [5.74, 6) is 0.326. The number of benzene rings is 1. The molecule has 1 fully saturated rings. The lowest BCUT2D eigenvalue weighted by Crippen LogP contribution is -2.03. The van der Waals surface area contributed by atoms with Crippen LogP contribution in [0.1, 0.15) is 0 Å². The Bertz CT molecular complexity index is 442. The summed E-state index contributed by atoms with van der Waals surface area (Å²) in [7, 11) is -3.84. The van der Waals surface area contributed by atoms with E-state index < -0.39 is 13.8 Å². The molecule has 78 valence electrons. The lowest BCUT2D eigenvalue weighted by Gasteiger charge is -2.12. The van der Waals surface area contributed by atoms with Gasteiger partial charge in [-0.3, -0.25) is 0 Å². The van der Waals surface area contributed by atoms with E-state index in [0.717, 1.165) is 4.67 Å². The van der Waals surface area contributed by atoms with Crippen LogP contribution < -0.4 is 4.52 Å². The summed E-state index contributed by atoms with van der Waals surface area (Å²) in [6.07, 6.45) is 0. The zero-order chi connectivity index (χ0) is 10.9. The molecule has 15 heavy (non-hydrogen) atoms. The van der Waals surface area contributed by atoms with Gasteiger partial charge in [-0.25, -0.2) is 4.57 Å². The molecule has 2 rings (SSSR count). The van der Waals surface area contributed by atoms with Gasteiger partial charge in [-0.1, -0.05) is 18.2 Å². The topological polar surface area (TPSA) is 73.3 Å². The number of para-hydroxylation sites is 1. The van der Waals surface area contributed by atoms with Crippen LogP contribution in [0.15, 0.2) is 30.3 Å². The van der Waals surface area contributed by atoms with Gasteiger partial charge >= 0.3 is 7.75 Å². The molecule has 1 saturated heterocycles. The second-order valence-electron chi connectivity index (χ2n) is 3.16. The van der Waals surface area contributed by atoms with Gasteiger partial charge in [0.2, 0.25) is 0 Å². The van der Waals surface area contributed by atoms with Crippen LogP contribution in [-0.4, -0.2) is 22.2 Å². The maximum atomic E-state index is 11.6. The number of hydrogen-bond acceptors (Lipinski definition) is 3. The molecule has 1 aliphatic heterocycles. The highest BCUT2D eigenvalue weighted by atomic mass is 31.2. The SMILES string of the molecule is N#CC1CN1P(=O)(O)Oc1ccccc1. The molecule has 0 saturated carbocycles. The monoisotopic (exact) mass is 224 g/mol. The van der Waals surface area contributed by atoms with Crippen molar-refractivity contribution in [2.75, 3.05) is 6.54 Å². The third-order valence-corrected chi connectivity index (χ3v) is 3.57. The first-order chi connectivity index (χ1) is 7.13. The number of nitrogens with zero attached hydrogens (tertiary/aromatic N) is 2. The molecule has 3 atom stereocenters. The maximum Gasteiger partial charge on any atom is 0.460 e. The van der Waals surface area contributed by atoms with Crippen molar-refractivity contribution in [2.24, 2.45) is 0 Å². The molecule has 0 aromatic heterocycles. The van der Waals surface area contributed by atoms with Crippen LogP contribution in [0.4, 0.5) is 0 Å². The normalized spacial score (nSPS) is 27.5. The minimum absolute atomic E-state index is 0.289. The Hall–Kier alpha value is -1.34. The van der Waals surface area contributed by atoms with Gasteiger partial charge in [0.1, 0.15) is 11.8 Å². The highest BCUT2D eigenvalue weighted by Crippen LogP contribution is 2.53. The minimum Gasteiger partial charge on any atom is -0.413 e. The fraction of sp³-hybridized carbons (Fsp3) is 0.222. The van der Waals surface area contributed by atoms with Gasteiger partial charge in [0.15, 0.2) is 0 Å². The van der Waals surface area contributed by atoms with E-state index in [4.69, 9.17) is 9.79 Å². The number of hydrogen-bond donors (Lipinski definition) is 1. The summed E-state index contributed by atoms with van der Waals surface area (Å²) in [4.78, 5) is 9.52. The molecular weight excluding hydrogens is 215 g/mol. The van der Waals surface area contributed by atoms with E-state index in [9.17, 15) is 9.46 Å². The van der Waals surface area contributed by atoms with Crippen molar-refractivity contribution in [3.63, 3.8) is 0 Å². The van der Waals surface area contributed by atoms with Crippen LogP contribution >= 0.6 is 7.75 Å². The Labute approximate surface area is 87.1 Å². The van der Waals surface area contributed by atoms with E-state index in [2.05, 4.69) is 0 Å². The highest BCUT2D eigenvalue weighted by Gasteiger charge is 2.49. The van der Waals surface area contributed by atoms with Crippen molar-refractivity contribution in [1.29, 1.82) is 5.26 Å². The highest BCUT2D eigenvalue weighted by molar-refractivity contribution is 7.51. The van der Waals surface area contributed by atoms with Crippen molar-refractivity contribution < 1.29 is 14.0 Å². The summed E-state index contributed by atoms with van der Waals surface area (Å²) in [6.45, 7) is 0.289. The third kappa shape index (κ3) is 2.18. The molecule has 3 unspecified atom stereocenters. The fourth-order valence-corrected chi connectivity index (χ4v) is 2.45. The summed E-state index contributed by atoms with van der Waals surface area (Å²) >= 11 is 0. The largest absolute Gasteiger partial charge is 0.460 e. The van der Waals surface area contributed by atoms with E-state index in [1.54, 1.807) is 30.3 Å². The van der Waals surface area contributed by atoms with Gasteiger partial charge in [-0.05, 0) is 12.1 Å². The van der Waals surface area contributed by atoms with E-state index >= 15 is 0 Å². The molecule has 0 spiro atoms. The summed E-state index contributed by atoms with van der Waals surface area (Å²) in [6, 6.07) is 9.78. The second-order valence-corrected chi connectivity index (χ2v) is 4.84. The van der Waals surface area contributed by atoms with Crippen molar-refractivity contribution >= 4 is 7.75 Å². The Kier molecular flexibility index (Phi) is 2.49. The van der Waals surface area contributed by atoms with Crippen LogP contribution in [0.5, 0.6) is 5.75 Å². The van der Waals surface area contributed by atoms with Crippen molar-refractivity contribution in [2.45, 2.75) is 6.04 Å². The summed E-state index contributed by atoms with van der Waals surface area (Å²) < 4.78 is 17.7. The van der Waals surface area contributed by atoms with Crippen molar-refractivity contribution in [3.05, 3.63) is 30.3 Å². The van der Waals surface area contributed by atoms with Crippen LogP contribution in [0.2, 0.25) is 0 Å². The summed E-state index contributed by atoms with van der Waals surface area (Å²) in [5.41, 5.74) is 0. The zero-order valence-electron chi connectivity index (χ0n) is 7.78. The zero-order valence-corrected chi connectivity index (χ0v) is 8.67. The minimum atomic E-state index is -3.84. The fourth-order valence-electron chi connectivity index (χ4n) is 1.19. The molecule has 1 heterocycles. The molecule has 0 aliphatic carbocycles. The van der Waals surface area contributed by atoms with Gasteiger partial charge in [0.05, 0.1) is 6.07 Å². The second kappa shape index (κ2) is 3.67. The molecular formula is C9H9N2O3P. The molecule has 5 nitrogen and oxygen atoms in total. The predicted octanol–water partition coefficient (Wildman–Crippen LogP) is 1.37. The molecule has 1 aromatic carbocycles. The van der Waals surface area contributed by atoms with Crippen LogP contribution in [0, 0.1) is 11.3 Å².